The molecule has 0 radical (unpaired) electrons. The summed E-state index contributed by atoms with van der Waals surface area (Å²) in [5, 5.41) is 24.0. The average Bonchev–Trinajstić information content (AvgIpc) is 1.80. The van der Waals surface area contributed by atoms with Gasteiger partial charge in [-0.05, 0) is 170 Å². The largest absolute Gasteiger partial charge is 0.368 e. The topological polar surface area (TPSA) is 257 Å². The van der Waals surface area contributed by atoms with Crippen molar-refractivity contribution in [2.24, 2.45) is 0 Å². The molecule has 0 atom stereocenters. The van der Waals surface area contributed by atoms with Crippen LogP contribution in [-0.4, -0.2) is 167 Å². The third kappa shape index (κ3) is 16.4. The van der Waals surface area contributed by atoms with Gasteiger partial charge in [0, 0.05) is 141 Å². The zero-order valence-corrected chi connectivity index (χ0v) is 56.4. The van der Waals surface area contributed by atoms with Crippen molar-refractivity contribution in [2.45, 2.75) is 32.1 Å². The van der Waals surface area contributed by atoms with E-state index in [1.54, 1.807) is 67.9 Å². The van der Waals surface area contributed by atoms with Gasteiger partial charge in [0.15, 0.2) is 17.5 Å². The highest BCUT2D eigenvalue weighted by molar-refractivity contribution is 5.81. The van der Waals surface area contributed by atoms with Crippen molar-refractivity contribution in [1.82, 2.24) is 95.3 Å². The number of benzene rings is 5. The molecule has 9 aromatic heterocycles. The van der Waals surface area contributed by atoms with Gasteiger partial charge in [-0.3, -0.25) is 20.2 Å². The summed E-state index contributed by atoms with van der Waals surface area (Å²) in [7, 11) is 0. The molecule has 506 valence electrons. The number of rotatable bonds is 10. The van der Waals surface area contributed by atoms with Crippen LogP contribution in [-0.2, 0) is 0 Å². The van der Waals surface area contributed by atoms with E-state index in [1.807, 2.05) is 91.0 Å². The Morgan fingerprint density at radius 2 is 0.777 bits per heavy atom. The maximum absolute atomic E-state index is 13.2. The van der Waals surface area contributed by atoms with E-state index in [1.165, 1.54) is 24.1 Å². The first-order chi connectivity index (χ1) is 50.8. The molecule has 3 N–H and O–H groups in total. The van der Waals surface area contributed by atoms with Gasteiger partial charge in [0.25, 0.3) is 0 Å². The number of aromatic nitrogens is 18. The van der Waals surface area contributed by atoms with Crippen LogP contribution in [0.3, 0.4) is 0 Å². The molecule has 3 fully saturated rings. The lowest BCUT2D eigenvalue weighted by molar-refractivity contribution is 0.257. The third-order valence-electron chi connectivity index (χ3n) is 17.9. The van der Waals surface area contributed by atoms with E-state index < -0.39 is 0 Å². The first-order valence-electron chi connectivity index (χ1n) is 34.2. The van der Waals surface area contributed by atoms with Crippen LogP contribution in [0.15, 0.2) is 201 Å². The van der Waals surface area contributed by atoms with Crippen molar-refractivity contribution in [2.75, 3.05) is 91.6 Å². The van der Waals surface area contributed by atoms with Crippen molar-refractivity contribution in [3.8, 4) is 70.1 Å². The Morgan fingerprint density at radius 1 is 0.388 bits per heavy atom. The van der Waals surface area contributed by atoms with Crippen LogP contribution < -0.4 is 19.6 Å². The van der Waals surface area contributed by atoms with Crippen LogP contribution in [0.2, 0.25) is 0 Å². The maximum Gasteiger partial charge on any atom is 0.226 e. The van der Waals surface area contributed by atoms with Crippen molar-refractivity contribution in [3.63, 3.8) is 0 Å². The lowest BCUT2D eigenvalue weighted by Crippen LogP contribution is -2.47. The van der Waals surface area contributed by atoms with E-state index in [-0.39, 0.29) is 5.82 Å². The number of hydrogen-bond acceptors (Lipinski definition) is 20. The lowest BCUT2D eigenvalue weighted by atomic mass is 9.90. The first-order valence-corrected chi connectivity index (χ1v) is 34.2. The minimum absolute atomic E-state index is 0.226. The normalized spacial score (nSPS) is 13.9. The summed E-state index contributed by atoms with van der Waals surface area (Å²) in [6, 6.07) is 46.0. The Balaban J connectivity index is 0.000000125. The molecule has 0 bridgehead atoms. The van der Waals surface area contributed by atoms with Crippen LogP contribution in [0.5, 0.6) is 0 Å². The number of halogens is 1. The molecule has 3 aliphatic heterocycles. The van der Waals surface area contributed by atoms with E-state index in [0.29, 0.717) is 63.5 Å². The second kappa shape index (κ2) is 31.3. The van der Waals surface area contributed by atoms with Gasteiger partial charge in [-0.25, -0.2) is 64.2 Å². The fraction of sp³-hybridized carbons (Fsp3) is 0.203. The quantitative estimate of drug-likeness (QED) is 0.108. The number of nitrogens with zero attached hydrogens (tertiary/aromatic N) is 20. The van der Waals surface area contributed by atoms with Gasteiger partial charge in [0.1, 0.15) is 40.0 Å². The van der Waals surface area contributed by atoms with Gasteiger partial charge >= 0.3 is 0 Å². The molecule has 0 saturated carbocycles. The standard InChI is InChI=1S/C28H23N7.C27H21FN8.C24H24N8/c1-2-4-21(5-3-1)22-12-16-35(17-13-22)28-30-15-11-26(33-28)27-29-14-10-24(32-27)8-6-20-7-9-25-23(18-20)19-31-34-25;28-21-3-6-23(7-4-21)35-13-15-36(16-14-35)27-30-12-10-25(33-27)26-29-11-9-22(32-26)5-1-19-2-8-24-20(17-19)18-31-34-24;1-2-11-31-12-14-32(15-13-31)24-26-10-8-22(29-24)23-25-9-7-20(28-23)5-3-18-4-6-21-19(16-18)17-27-30-21/h1-5,7,9-11,14-15,18-19,22H,12-13,16-17H2,(H,31,34);2-4,6-12,17-18H,13-16H2,(H,31,34);4,6-10,16-17H,2,11-15H2,1H3,(H,27,30). The van der Waals surface area contributed by atoms with E-state index >= 15 is 0 Å². The van der Waals surface area contributed by atoms with Crippen LogP contribution >= 0.6 is 0 Å². The lowest BCUT2D eigenvalue weighted by Gasteiger charge is -2.36. The molecule has 23 nitrogen and oxygen atoms in total. The number of nitrogens with one attached hydrogen (secondary N) is 3. The SMILES string of the molecule is C(#Cc1ccnc(-c2ccnc(N3CCC(c4ccccc4)CC3)n2)n1)c1ccc2[nH]ncc2c1.CCCN1CCN(c2nccc(-c3nccc(C#Cc4ccc5[nH]ncc5c4)n3)n2)CC1.Fc1ccc(N2CCN(c3nccc(-c4nccc(C#Cc5ccc6[nH]ncc6c5)n4)n3)CC2)cc1. The molecular weight excluding hydrogens is 1290 g/mol. The fourth-order valence-electron chi connectivity index (χ4n) is 12.4. The van der Waals surface area contributed by atoms with E-state index in [2.05, 4.69) is 173 Å². The molecule has 0 unspecified atom stereocenters. The van der Waals surface area contributed by atoms with E-state index in [0.717, 1.165) is 152 Å². The van der Waals surface area contributed by atoms with Crippen LogP contribution in [0.1, 0.15) is 71.4 Å². The number of fused-ring (bicyclic) bond motifs is 3. The van der Waals surface area contributed by atoms with E-state index in [4.69, 9.17) is 15.0 Å². The average molecular weight is 1360 g/mol. The van der Waals surface area contributed by atoms with Crippen LogP contribution in [0.4, 0.5) is 27.9 Å². The van der Waals surface area contributed by atoms with Gasteiger partial charge < -0.3 is 19.6 Å². The van der Waals surface area contributed by atoms with Gasteiger partial charge in [-0.1, -0.05) is 55.0 Å². The predicted octanol–water partition coefficient (Wildman–Crippen LogP) is 11.0. The molecule has 0 amide bonds. The first kappa shape index (κ1) is 65.7. The summed E-state index contributed by atoms with van der Waals surface area (Å²) >= 11 is 0. The van der Waals surface area contributed by atoms with Crippen molar-refractivity contribution in [3.05, 3.63) is 247 Å². The summed E-state index contributed by atoms with van der Waals surface area (Å²) in [6.07, 6.45) is 19.1. The number of piperazine rings is 2. The molecule has 5 aromatic carbocycles. The molecule has 24 heteroatoms. The van der Waals surface area contributed by atoms with Crippen molar-refractivity contribution >= 4 is 56.2 Å². The third-order valence-corrected chi connectivity index (χ3v) is 17.9. The Kier molecular flexibility index (Phi) is 20.0. The second-order valence-electron chi connectivity index (χ2n) is 24.7. The second-order valence-corrected chi connectivity index (χ2v) is 24.7. The summed E-state index contributed by atoms with van der Waals surface area (Å²) in [5.41, 5.74) is 12.0. The highest BCUT2D eigenvalue weighted by Crippen LogP contribution is 2.30. The number of aromatic amines is 3. The summed E-state index contributed by atoms with van der Waals surface area (Å²) in [5.74, 6) is 22.9. The molecule has 12 heterocycles. The van der Waals surface area contributed by atoms with Gasteiger partial charge in [0.05, 0.1) is 35.1 Å². The summed E-state index contributed by atoms with van der Waals surface area (Å²) in [4.78, 5) is 66.2. The Bertz CT molecular complexity index is 5450. The van der Waals surface area contributed by atoms with Crippen LogP contribution in [0, 0.1) is 41.3 Å². The monoisotopic (exact) mass is 1360 g/mol. The van der Waals surface area contributed by atoms with Gasteiger partial charge in [-0.2, -0.15) is 15.3 Å². The number of H-pyrrole nitrogens is 3. The zero-order valence-electron chi connectivity index (χ0n) is 56.4. The summed E-state index contributed by atoms with van der Waals surface area (Å²) < 4.78 is 13.2. The minimum atomic E-state index is -0.226. The molecule has 0 spiro atoms. The molecule has 103 heavy (non-hydrogen) atoms. The smallest absolute Gasteiger partial charge is 0.226 e. The van der Waals surface area contributed by atoms with Gasteiger partial charge in [-0.15, -0.1) is 0 Å². The Morgan fingerprint density at radius 3 is 1.19 bits per heavy atom. The predicted molar refractivity (Wildman–Crippen MR) is 396 cm³/mol. The van der Waals surface area contributed by atoms with Crippen molar-refractivity contribution < 1.29 is 4.39 Å². The highest BCUT2D eigenvalue weighted by Gasteiger charge is 2.25. The zero-order chi connectivity index (χ0) is 69.5. The van der Waals surface area contributed by atoms with Crippen molar-refractivity contribution in [1.29, 1.82) is 0 Å². The molecule has 0 aliphatic carbocycles. The number of piperidine rings is 1. The maximum atomic E-state index is 13.2. The summed E-state index contributed by atoms with van der Waals surface area (Å²) in [6.45, 7) is 12.3. The molecular formula is C79H68FN23. The van der Waals surface area contributed by atoms with Crippen LogP contribution in [0.25, 0.3) is 67.3 Å². The van der Waals surface area contributed by atoms with Gasteiger partial charge in [0.2, 0.25) is 17.8 Å². The molecule has 3 aliphatic rings. The molecule has 3 saturated heterocycles. The number of hydrogen-bond donors (Lipinski definition) is 3. The molecule has 14 aromatic rings. The minimum Gasteiger partial charge on any atom is -0.368 e. The Hall–Kier alpha value is -13.2. The fourth-order valence-corrected chi connectivity index (χ4v) is 12.4. The Labute approximate surface area is 593 Å². The van der Waals surface area contributed by atoms with E-state index in [9.17, 15) is 4.39 Å². The molecule has 17 rings (SSSR count). The number of anilines is 4. The highest BCUT2D eigenvalue weighted by atomic mass is 19.1.